The third kappa shape index (κ3) is 9.23. The number of aromatic nitrogens is 1. The van der Waals surface area contributed by atoms with Crippen molar-refractivity contribution in [3.63, 3.8) is 0 Å². The molecule has 0 fully saturated rings. The van der Waals surface area contributed by atoms with E-state index in [4.69, 9.17) is 5.73 Å². The Kier molecular flexibility index (Phi) is 13.5. The molecule has 0 amide bonds. The van der Waals surface area contributed by atoms with E-state index in [1.165, 1.54) is 12.8 Å². The van der Waals surface area contributed by atoms with Crippen molar-refractivity contribution in [1.29, 1.82) is 0 Å². The van der Waals surface area contributed by atoms with Crippen LogP contribution in [0.1, 0.15) is 25.5 Å². The van der Waals surface area contributed by atoms with Gasteiger partial charge in [-0.05, 0) is 31.2 Å². The third-order valence-corrected chi connectivity index (χ3v) is 1.45. The van der Waals surface area contributed by atoms with Crippen molar-refractivity contribution in [1.82, 2.24) is 4.98 Å². The first-order chi connectivity index (χ1) is 6.35. The average molecular weight is 215 g/mol. The Morgan fingerprint density at radius 2 is 2.21 bits per heavy atom. The molecule has 2 nitrogen and oxygen atoms in total. The Balaban J connectivity index is 0. The van der Waals surface area contributed by atoms with Crippen LogP contribution >= 0.6 is 12.4 Å². The summed E-state index contributed by atoms with van der Waals surface area (Å²) in [6, 6.07) is 5.73. The molecule has 0 radical (unpaired) electrons. The van der Waals surface area contributed by atoms with E-state index in [1.807, 2.05) is 18.2 Å². The number of pyridine rings is 1. The van der Waals surface area contributed by atoms with Gasteiger partial charge in [-0.1, -0.05) is 26.0 Å². The highest BCUT2D eigenvalue weighted by molar-refractivity contribution is 5.85. The van der Waals surface area contributed by atoms with E-state index in [9.17, 15) is 0 Å². The molecule has 1 heterocycles. The molecule has 0 spiro atoms. The lowest BCUT2D eigenvalue weighted by atomic mass is 10.3. The van der Waals surface area contributed by atoms with Gasteiger partial charge in [0.15, 0.2) is 0 Å². The molecule has 80 valence electrons. The molecule has 0 saturated heterocycles. The van der Waals surface area contributed by atoms with E-state index in [2.05, 4.69) is 18.5 Å². The highest BCUT2D eigenvalue weighted by atomic mass is 35.5. The van der Waals surface area contributed by atoms with E-state index in [-0.39, 0.29) is 12.4 Å². The van der Waals surface area contributed by atoms with Crippen LogP contribution in [0.15, 0.2) is 31.0 Å². The summed E-state index contributed by atoms with van der Waals surface area (Å²) in [7, 11) is 0. The quantitative estimate of drug-likeness (QED) is 0.841. The maximum absolute atomic E-state index is 5.14. The fourth-order valence-corrected chi connectivity index (χ4v) is 0.701. The zero-order chi connectivity index (χ0) is 9.94. The molecule has 3 heteroatoms. The van der Waals surface area contributed by atoms with Gasteiger partial charge >= 0.3 is 0 Å². The molecule has 1 rings (SSSR count). The van der Waals surface area contributed by atoms with E-state index >= 15 is 0 Å². The van der Waals surface area contributed by atoms with Crippen molar-refractivity contribution in [2.24, 2.45) is 5.73 Å². The lowest BCUT2D eigenvalue weighted by molar-refractivity contribution is 0.807. The van der Waals surface area contributed by atoms with E-state index in [1.54, 1.807) is 12.3 Å². The molecule has 1 aromatic heterocycles. The Hall–Kier alpha value is -0.860. The summed E-state index contributed by atoms with van der Waals surface area (Å²) in [6.45, 7) is 6.54. The Morgan fingerprint density at radius 3 is 2.43 bits per heavy atom. The maximum atomic E-state index is 5.14. The summed E-state index contributed by atoms with van der Waals surface area (Å²) in [4.78, 5) is 3.98. The summed E-state index contributed by atoms with van der Waals surface area (Å²) in [5.41, 5.74) is 6.06. The van der Waals surface area contributed by atoms with Crippen molar-refractivity contribution in [2.75, 3.05) is 6.54 Å². The average Bonchev–Trinajstić information content (AvgIpc) is 2.21. The van der Waals surface area contributed by atoms with Gasteiger partial charge in [0.2, 0.25) is 0 Å². The topological polar surface area (TPSA) is 38.9 Å². The minimum absolute atomic E-state index is 0. The zero-order valence-corrected chi connectivity index (χ0v) is 9.46. The van der Waals surface area contributed by atoms with Gasteiger partial charge in [-0.3, -0.25) is 4.98 Å². The third-order valence-electron chi connectivity index (χ3n) is 1.45. The molecule has 0 aliphatic heterocycles. The maximum Gasteiger partial charge on any atom is 0.0623 e. The molecule has 0 unspecified atom stereocenters. The van der Waals surface area contributed by atoms with Crippen molar-refractivity contribution in [3.05, 3.63) is 36.7 Å². The number of halogens is 1. The molecule has 0 aliphatic rings. The second-order valence-corrected chi connectivity index (χ2v) is 2.60. The number of unbranched alkanes of at least 4 members (excludes halogenated alkanes) is 1. The van der Waals surface area contributed by atoms with Crippen LogP contribution in [-0.4, -0.2) is 11.5 Å². The van der Waals surface area contributed by atoms with Gasteiger partial charge in [0.1, 0.15) is 0 Å². The van der Waals surface area contributed by atoms with Crippen LogP contribution in [0.2, 0.25) is 0 Å². The molecule has 0 bridgehead atoms. The van der Waals surface area contributed by atoms with Crippen LogP contribution in [-0.2, 0) is 0 Å². The molecule has 0 aromatic carbocycles. The SMILES string of the molecule is C=Cc1ccccn1.CCCCN.Cl. The summed E-state index contributed by atoms with van der Waals surface area (Å²) < 4.78 is 0. The van der Waals surface area contributed by atoms with Crippen LogP contribution in [0.25, 0.3) is 6.08 Å². The van der Waals surface area contributed by atoms with Crippen molar-refractivity contribution in [2.45, 2.75) is 19.8 Å². The molecule has 0 atom stereocenters. The van der Waals surface area contributed by atoms with Crippen molar-refractivity contribution in [3.8, 4) is 0 Å². The van der Waals surface area contributed by atoms with Crippen LogP contribution in [0.4, 0.5) is 0 Å². The predicted molar refractivity (Wildman–Crippen MR) is 65.5 cm³/mol. The number of nitrogens with two attached hydrogens (primary N) is 1. The van der Waals surface area contributed by atoms with Gasteiger partial charge in [-0.25, -0.2) is 0 Å². The zero-order valence-electron chi connectivity index (χ0n) is 8.65. The van der Waals surface area contributed by atoms with Gasteiger partial charge in [0.25, 0.3) is 0 Å². The fourth-order valence-electron chi connectivity index (χ4n) is 0.701. The first-order valence-corrected chi connectivity index (χ1v) is 4.58. The molecule has 0 aliphatic carbocycles. The van der Waals surface area contributed by atoms with Gasteiger partial charge < -0.3 is 5.73 Å². The normalized spacial score (nSPS) is 7.86. The second kappa shape index (κ2) is 12.1. The lowest BCUT2D eigenvalue weighted by Gasteiger charge is -1.84. The Labute approximate surface area is 92.6 Å². The summed E-state index contributed by atoms with van der Waals surface area (Å²) in [5, 5.41) is 0. The van der Waals surface area contributed by atoms with Crippen molar-refractivity contribution < 1.29 is 0 Å². The largest absolute Gasteiger partial charge is 0.330 e. The minimum atomic E-state index is 0. The monoisotopic (exact) mass is 214 g/mol. The van der Waals surface area contributed by atoms with Gasteiger partial charge in [0.05, 0.1) is 5.69 Å². The highest BCUT2D eigenvalue weighted by Gasteiger charge is 1.77. The van der Waals surface area contributed by atoms with Crippen molar-refractivity contribution >= 4 is 18.5 Å². The lowest BCUT2D eigenvalue weighted by Crippen LogP contribution is -1.95. The number of hydrogen-bond donors (Lipinski definition) is 1. The Bertz CT molecular complexity index is 210. The highest BCUT2D eigenvalue weighted by Crippen LogP contribution is 1.91. The molecular weight excluding hydrogens is 196 g/mol. The summed E-state index contributed by atoms with van der Waals surface area (Å²) in [5.74, 6) is 0. The van der Waals surface area contributed by atoms with Gasteiger partial charge in [0, 0.05) is 6.20 Å². The molecule has 2 N–H and O–H groups in total. The van der Waals surface area contributed by atoms with Gasteiger partial charge in [-0.15, -0.1) is 12.4 Å². The predicted octanol–water partition coefficient (Wildman–Crippen LogP) is 2.89. The van der Waals surface area contributed by atoms with E-state index in [0.29, 0.717) is 0 Å². The van der Waals surface area contributed by atoms with E-state index in [0.717, 1.165) is 12.2 Å². The van der Waals surface area contributed by atoms with Crippen LogP contribution in [0.3, 0.4) is 0 Å². The summed E-state index contributed by atoms with van der Waals surface area (Å²) >= 11 is 0. The number of rotatable bonds is 3. The first kappa shape index (κ1) is 15.6. The fraction of sp³-hybridized carbons (Fsp3) is 0.364. The van der Waals surface area contributed by atoms with E-state index < -0.39 is 0 Å². The summed E-state index contributed by atoms with van der Waals surface area (Å²) in [6.07, 6.45) is 5.85. The van der Waals surface area contributed by atoms with Gasteiger partial charge in [-0.2, -0.15) is 0 Å². The Morgan fingerprint density at radius 1 is 1.50 bits per heavy atom. The van der Waals surface area contributed by atoms with Crippen LogP contribution in [0, 0.1) is 0 Å². The smallest absolute Gasteiger partial charge is 0.0623 e. The number of nitrogens with zero attached hydrogens (tertiary/aromatic N) is 1. The minimum Gasteiger partial charge on any atom is -0.330 e. The number of hydrogen-bond acceptors (Lipinski definition) is 2. The first-order valence-electron chi connectivity index (χ1n) is 4.58. The van der Waals surface area contributed by atoms with Crippen LogP contribution in [0.5, 0.6) is 0 Å². The molecular formula is C11H19ClN2. The molecule has 14 heavy (non-hydrogen) atoms. The van der Waals surface area contributed by atoms with Crippen LogP contribution < -0.4 is 5.73 Å². The standard InChI is InChI=1S/C7H7N.C4H11N.ClH/c1-2-7-5-3-4-6-8-7;1-2-3-4-5;/h2-6H,1H2;2-5H2,1H3;1H. The molecule has 0 saturated carbocycles. The molecule has 1 aromatic rings. The second-order valence-electron chi connectivity index (χ2n) is 2.60.